The monoisotopic (exact) mass is 237 g/mol. The van der Waals surface area contributed by atoms with Crippen LogP contribution >= 0.6 is 0 Å². The lowest BCUT2D eigenvalue weighted by Gasteiger charge is -2.10. The summed E-state index contributed by atoms with van der Waals surface area (Å²) in [6, 6.07) is 7.68. The molecule has 0 saturated heterocycles. The Morgan fingerprint density at radius 2 is 1.82 bits per heavy atom. The minimum atomic E-state index is -4.50. The van der Waals surface area contributed by atoms with Crippen LogP contribution in [0.3, 0.4) is 0 Å². The van der Waals surface area contributed by atoms with Gasteiger partial charge in [0.05, 0.1) is 11.6 Å². The Morgan fingerprint density at radius 3 is 2.35 bits per heavy atom. The predicted molar refractivity (Wildman–Crippen MR) is 53.3 cm³/mol. The third-order valence-electron chi connectivity index (χ3n) is 2.17. The van der Waals surface area contributed by atoms with Crippen molar-refractivity contribution in [3.8, 4) is 11.8 Å². The molecule has 2 rings (SSSR count). The molecule has 86 valence electrons. The number of rotatable bonds is 1. The van der Waals surface area contributed by atoms with Gasteiger partial charge in [-0.25, -0.2) is 4.98 Å². The van der Waals surface area contributed by atoms with Crippen molar-refractivity contribution in [3.63, 3.8) is 0 Å². The van der Waals surface area contributed by atoms with Gasteiger partial charge in [-0.3, -0.25) is 4.57 Å². The zero-order valence-corrected chi connectivity index (χ0v) is 8.44. The Labute approximate surface area is 94.7 Å². The van der Waals surface area contributed by atoms with Crippen molar-refractivity contribution in [1.82, 2.24) is 9.55 Å². The second-order valence-corrected chi connectivity index (χ2v) is 3.28. The van der Waals surface area contributed by atoms with Gasteiger partial charge in [-0.15, -0.1) is 0 Å². The molecule has 0 saturated carbocycles. The van der Waals surface area contributed by atoms with Crippen molar-refractivity contribution in [2.75, 3.05) is 0 Å². The van der Waals surface area contributed by atoms with Crippen LogP contribution in [-0.4, -0.2) is 9.55 Å². The van der Waals surface area contributed by atoms with E-state index >= 15 is 0 Å². The standard InChI is InChI=1S/C11H6F3N3/c12-11(13,14)10-16-5-6-17(10)9-3-1-8(7-15)2-4-9/h1-6H. The van der Waals surface area contributed by atoms with Crippen LogP contribution in [0.4, 0.5) is 13.2 Å². The number of aromatic nitrogens is 2. The van der Waals surface area contributed by atoms with Crippen molar-refractivity contribution in [1.29, 1.82) is 5.26 Å². The van der Waals surface area contributed by atoms with Crippen LogP contribution in [0.5, 0.6) is 0 Å². The molecular weight excluding hydrogens is 231 g/mol. The van der Waals surface area contributed by atoms with Crippen molar-refractivity contribution < 1.29 is 13.2 Å². The molecule has 0 spiro atoms. The topological polar surface area (TPSA) is 41.6 Å². The maximum Gasteiger partial charge on any atom is 0.450 e. The first-order valence-corrected chi connectivity index (χ1v) is 4.63. The maximum atomic E-state index is 12.6. The first-order chi connectivity index (χ1) is 8.02. The van der Waals surface area contributed by atoms with E-state index in [1.54, 1.807) is 0 Å². The molecule has 6 heteroatoms. The van der Waals surface area contributed by atoms with E-state index in [1.165, 1.54) is 30.5 Å². The molecule has 3 nitrogen and oxygen atoms in total. The summed E-state index contributed by atoms with van der Waals surface area (Å²) in [7, 11) is 0. The number of nitriles is 1. The third kappa shape index (κ3) is 2.13. The number of hydrogen-bond acceptors (Lipinski definition) is 2. The van der Waals surface area contributed by atoms with Crippen LogP contribution < -0.4 is 0 Å². The van der Waals surface area contributed by atoms with Crippen molar-refractivity contribution in [2.24, 2.45) is 0 Å². The molecule has 0 radical (unpaired) electrons. The van der Waals surface area contributed by atoms with Gasteiger partial charge < -0.3 is 0 Å². The van der Waals surface area contributed by atoms with Gasteiger partial charge in [0.2, 0.25) is 5.82 Å². The van der Waals surface area contributed by atoms with Gasteiger partial charge in [0.25, 0.3) is 0 Å². The molecule has 0 aliphatic carbocycles. The van der Waals surface area contributed by atoms with E-state index in [9.17, 15) is 13.2 Å². The molecule has 2 aromatic rings. The highest BCUT2D eigenvalue weighted by atomic mass is 19.4. The van der Waals surface area contributed by atoms with Crippen LogP contribution in [-0.2, 0) is 6.18 Å². The minimum absolute atomic E-state index is 0.314. The number of hydrogen-bond donors (Lipinski definition) is 0. The van der Waals surface area contributed by atoms with E-state index in [4.69, 9.17) is 5.26 Å². The first kappa shape index (κ1) is 11.2. The van der Waals surface area contributed by atoms with E-state index in [2.05, 4.69) is 4.98 Å². The Bertz CT molecular complexity index is 561. The normalized spacial score (nSPS) is 11.2. The molecule has 1 heterocycles. The molecule has 0 atom stereocenters. The van der Waals surface area contributed by atoms with Crippen LogP contribution in [0.25, 0.3) is 5.69 Å². The number of imidazole rings is 1. The quantitative estimate of drug-likeness (QED) is 0.765. The molecule has 17 heavy (non-hydrogen) atoms. The van der Waals surface area contributed by atoms with Gasteiger partial charge in [0, 0.05) is 18.1 Å². The number of nitrogens with zero attached hydrogens (tertiary/aromatic N) is 3. The van der Waals surface area contributed by atoms with Gasteiger partial charge >= 0.3 is 6.18 Å². The second kappa shape index (κ2) is 3.94. The van der Waals surface area contributed by atoms with Gasteiger partial charge in [-0.1, -0.05) is 0 Å². The van der Waals surface area contributed by atoms with Crippen LogP contribution in [0.2, 0.25) is 0 Å². The predicted octanol–water partition coefficient (Wildman–Crippen LogP) is 2.76. The summed E-state index contributed by atoms with van der Waals surface area (Å²) < 4.78 is 38.7. The van der Waals surface area contributed by atoms with Crippen LogP contribution in [0.15, 0.2) is 36.7 Å². The largest absolute Gasteiger partial charge is 0.450 e. The highest BCUT2D eigenvalue weighted by Gasteiger charge is 2.36. The minimum Gasteiger partial charge on any atom is -0.296 e. The molecule has 0 N–H and O–H groups in total. The van der Waals surface area contributed by atoms with E-state index in [0.717, 1.165) is 10.8 Å². The van der Waals surface area contributed by atoms with Gasteiger partial charge in [0.1, 0.15) is 0 Å². The number of alkyl halides is 3. The Kier molecular flexibility index (Phi) is 2.60. The molecule has 0 unspecified atom stereocenters. The summed E-state index contributed by atoms with van der Waals surface area (Å²) in [5.41, 5.74) is 0.705. The fourth-order valence-electron chi connectivity index (χ4n) is 1.42. The Morgan fingerprint density at radius 1 is 1.18 bits per heavy atom. The van der Waals surface area contributed by atoms with Gasteiger partial charge in [-0.05, 0) is 24.3 Å². The summed E-state index contributed by atoms with van der Waals surface area (Å²) in [6.07, 6.45) is -2.19. The average molecular weight is 237 g/mol. The molecule has 0 fully saturated rings. The summed E-state index contributed by atoms with van der Waals surface area (Å²) in [6.45, 7) is 0. The van der Waals surface area contributed by atoms with Crippen molar-refractivity contribution in [2.45, 2.75) is 6.18 Å². The summed E-state index contributed by atoms with van der Waals surface area (Å²) in [5.74, 6) is -0.984. The lowest BCUT2D eigenvalue weighted by Crippen LogP contribution is -2.13. The van der Waals surface area contributed by atoms with Gasteiger partial charge in [-0.2, -0.15) is 18.4 Å². The third-order valence-corrected chi connectivity index (χ3v) is 2.17. The van der Waals surface area contributed by atoms with E-state index in [0.29, 0.717) is 11.3 Å². The van der Waals surface area contributed by atoms with Crippen LogP contribution in [0, 0.1) is 11.3 Å². The zero-order chi connectivity index (χ0) is 12.5. The van der Waals surface area contributed by atoms with E-state index in [1.807, 2.05) is 6.07 Å². The van der Waals surface area contributed by atoms with E-state index in [-0.39, 0.29) is 0 Å². The number of benzene rings is 1. The first-order valence-electron chi connectivity index (χ1n) is 4.63. The molecule has 1 aromatic heterocycles. The van der Waals surface area contributed by atoms with Crippen LogP contribution in [0.1, 0.15) is 11.4 Å². The summed E-state index contributed by atoms with van der Waals surface area (Å²) >= 11 is 0. The highest BCUT2D eigenvalue weighted by molar-refractivity contribution is 5.40. The second-order valence-electron chi connectivity index (χ2n) is 3.28. The SMILES string of the molecule is N#Cc1ccc(-n2ccnc2C(F)(F)F)cc1. The molecule has 1 aromatic carbocycles. The molecule has 0 aliphatic heterocycles. The lowest BCUT2D eigenvalue weighted by molar-refractivity contribution is -0.145. The van der Waals surface area contributed by atoms with Crippen molar-refractivity contribution >= 4 is 0 Å². The average Bonchev–Trinajstić information content (AvgIpc) is 2.78. The zero-order valence-electron chi connectivity index (χ0n) is 8.44. The molecular formula is C11H6F3N3. The molecule has 0 amide bonds. The lowest BCUT2D eigenvalue weighted by atomic mass is 10.2. The smallest absolute Gasteiger partial charge is 0.296 e. The molecule has 0 aliphatic rings. The van der Waals surface area contributed by atoms with Crippen molar-refractivity contribution in [3.05, 3.63) is 48.0 Å². The fourth-order valence-corrected chi connectivity index (χ4v) is 1.42. The van der Waals surface area contributed by atoms with E-state index < -0.39 is 12.0 Å². The van der Waals surface area contributed by atoms with Gasteiger partial charge in [0.15, 0.2) is 0 Å². The Balaban J connectivity index is 2.47. The highest BCUT2D eigenvalue weighted by Crippen LogP contribution is 2.29. The Hall–Kier alpha value is -2.29. The maximum absolute atomic E-state index is 12.6. The summed E-state index contributed by atoms with van der Waals surface area (Å²) in [5, 5.41) is 8.59. The fraction of sp³-hybridized carbons (Fsp3) is 0.0909. The number of halogens is 3. The summed E-state index contributed by atoms with van der Waals surface area (Å²) in [4.78, 5) is 3.28. The molecule has 0 bridgehead atoms.